The van der Waals surface area contributed by atoms with Crippen LogP contribution < -0.4 is 11.2 Å². The van der Waals surface area contributed by atoms with E-state index in [0.29, 0.717) is 27.6 Å². The van der Waals surface area contributed by atoms with E-state index in [2.05, 4.69) is 0 Å². The monoisotopic (exact) mass is 363 g/mol. The lowest BCUT2D eigenvalue weighted by Gasteiger charge is -2.15. The summed E-state index contributed by atoms with van der Waals surface area (Å²) >= 11 is 0. The summed E-state index contributed by atoms with van der Waals surface area (Å²) in [6.07, 6.45) is 0. The molecule has 0 amide bonds. The van der Waals surface area contributed by atoms with Crippen LogP contribution in [-0.4, -0.2) is 0 Å². The van der Waals surface area contributed by atoms with Gasteiger partial charge in [0.25, 0.3) is 0 Å². The van der Waals surface area contributed by atoms with Gasteiger partial charge in [-0.05, 0) is 29.3 Å². The summed E-state index contributed by atoms with van der Waals surface area (Å²) in [7, 11) is 0. The van der Waals surface area contributed by atoms with Crippen molar-refractivity contribution < 1.29 is 4.42 Å². The van der Waals surface area contributed by atoms with Crippen molar-refractivity contribution in [1.82, 2.24) is 0 Å². The Morgan fingerprint density at radius 1 is 0.679 bits per heavy atom. The molecule has 1 heterocycles. The summed E-state index contributed by atoms with van der Waals surface area (Å²) < 4.78 is 6.20. The van der Waals surface area contributed by atoms with Crippen LogP contribution in [0.2, 0.25) is 0 Å². The van der Waals surface area contributed by atoms with Gasteiger partial charge in [-0.3, -0.25) is 4.79 Å². The van der Waals surface area contributed by atoms with E-state index < -0.39 is 0 Å². The normalized spacial score (nSPS) is 11.1. The second kappa shape index (κ2) is 6.39. The third-order valence-corrected chi connectivity index (χ3v) is 5.06. The molecular weight excluding hydrogens is 346 g/mol. The average molecular weight is 363 g/mol. The second-order valence-corrected chi connectivity index (χ2v) is 6.75. The van der Waals surface area contributed by atoms with Crippen molar-refractivity contribution in [2.24, 2.45) is 0 Å². The number of para-hydroxylation sites is 1. The Bertz CT molecular complexity index is 1370. The Kier molecular flexibility index (Phi) is 3.73. The zero-order chi connectivity index (χ0) is 19.1. The fourth-order valence-electron chi connectivity index (χ4n) is 3.70. The van der Waals surface area contributed by atoms with Gasteiger partial charge < -0.3 is 10.2 Å². The van der Waals surface area contributed by atoms with Gasteiger partial charge in [-0.25, -0.2) is 0 Å². The highest BCUT2D eigenvalue weighted by Crippen LogP contribution is 2.40. The predicted molar refractivity (Wildman–Crippen MR) is 115 cm³/mol. The van der Waals surface area contributed by atoms with E-state index >= 15 is 0 Å². The quantitative estimate of drug-likeness (QED) is 0.315. The van der Waals surface area contributed by atoms with Gasteiger partial charge in [-0.15, -0.1) is 0 Å². The number of anilines is 1. The summed E-state index contributed by atoms with van der Waals surface area (Å²) in [5.74, 6) is 0. The van der Waals surface area contributed by atoms with Crippen LogP contribution in [0.25, 0.3) is 44.2 Å². The van der Waals surface area contributed by atoms with E-state index in [1.165, 1.54) is 0 Å². The molecule has 134 valence electrons. The minimum atomic E-state index is -0.0498. The van der Waals surface area contributed by atoms with E-state index in [4.69, 9.17) is 10.2 Å². The Morgan fingerprint density at radius 2 is 1.29 bits per heavy atom. The first-order chi connectivity index (χ1) is 13.7. The first-order valence-electron chi connectivity index (χ1n) is 9.13. The fraction of sp³-hybridized carbons (Fsp3) is 0. The molecule has 5 rings (SSSR count). The lowest BCUT2D eigenvalue weighted by Crippen LogP contribution is -2.05. The number of fused-ring (bicyclic) bond motifs is 2. The lowest BCUT2D eigenvalue weighted by molar-refractivity contribution is 0.661. The van der Waals surface area contributed by atoms with Crippen molar-refractivity contribution in [3.63, 3.8) is 0 Å². The van der Waals surface area contributed by atoms with Gasteiger partial charge in [0.05, 0.1) is 16.5 Å². The number of rotatable bonds is 2. The van der Waals surface area contributed by atoms with E-state index in [1.54, 1.807) is 6.07 Å². The summed E-state index contributed by atoms with van der Waals surface area (Å²) in [4.78, 5) is 13.3. The molecule has 0 aliphatic rings. The summed E-state index contributed by atoms with van der Waals surface area (Å²) in [5.41, 5.74) is 11.7. The van der Waals surface area contributed by atoms with Gasteiger partial charge in [0.15, 0.2) is 0 Å². The summed E-state index contributed by atoms with van der Waals surface area (Å²) in [6, 6.07) is 28.9. The van der Waals surface area contributed by atoms with Crippen LogP contribution in [0.15, 0.2) is 100 Å². The second-order valence-electron chi connectivity index (χ2n) is 6.75. The molecule has 0 atom stereocenters. The smallest absolute Gasteiger partial charge is 0.200 e. The number of nitrogens with two attached hydrogens (primary N) is 1. The molecule has 5 aromatic rings. The van der Waals surface area contributed by atoms with E-state index in [1.807, 2.05) is 84.9 Å². The molecule has 0 fully saturated rings. The molecule has 2 N–H and O–H groups in total. The molecule has 0 aliphatic heterocycles. The van der Waals surface area contributed by atoms with Crippen LogP contribution in [0.1, 0.15) is 0 Å². The van der Waals surface area contributed by atoms with Gasteiger partial charge in [0.1, 0.15) is 11.2 Å². The number of hydrogen-bond acceptors (Lipinski definition) is 3. The average Bonchev–Trinajstić information content (AvgIpc) is 2.75. The van der Waals surface area contributed by atoms with E-state index in [9.17, 15) is 4.79 Å². The zero-order valence-corrected chi connectivity index (χ0v) is 15.1. The molecule has 1 aromatic heterocycles. The molecule has 0 bridgehead atoms. The Morgan fingerprint density at radius 3 is 2.00 bits per heavy atom. The molecular formula is C25H17NO2. The van der Waals surface area contributed by atoms with Crippen LogP contribution >= 0.6 is 0 Å². The third-order valence-electron chi connectivity index (χ3n) is 5.06. The first kappa shape index (κ1) is 16.3. The van der Waals surface area contributed by atoms with Crippen molar-refractivity contribution in [3.8, 4) is 22.3 Å². The predicted octanol–water partition coefficient (Wildman–Crippen LogP) is 5.86. The van der Waals surface area contributed by atoms with Crippen molar-refractivity contribution in [1.29, 1.82) is 0 Å². The lowest BCUT2D eigenvalue weighted by atomic mass is 9.93. The minimum absolute atomic E-state index is 0.0498. The first-order valence-corrected chi connectivity index (χ1v) is 9.13. The standard InChI is InChI=1S/C25H17NO2/c26-23-19(16-9-3-1-4-10-16)15-20-24(27)18-13-7-8-14-21(18)28-25(20)22(23)17-11-5-2-6-12-17/h1-15H,26H2. The third kappa shape index (κ3) is 2.48. The van der Waals surface area contributed by atoms with Crippen LogP contribution in [-0.2, 0) is 0 Å². The molecule has 0 unspecified atom stereocenters. The number of benzene rings is 4. The van der Waals surface area contributed by atoms with Gasteiger partial charge in [0, 0.05) is 11.1 Å². The molecule has 4 aromatic carbocycles. The number of hydrogen-bond donors (Lipinski definition) is 1. The molecule has 0 spiro atoms. The van der Waals surface area contributed by atoms with Gasteiger partial charge >= 0.3 is 0 Å². The Labute approximate surface area is 161 Å². The maximum absolute atomic E-state index is 13.3. The van der Waals surface area contributed by atoms with Crippen molar-refractivity contribution in [3.05, 3.63) is 101 Å². The highest BCUT2D eigenvalue weighted by atomic mass is 16.3. The molecule has 0 aliphatic carbocycles. The van der Waals surface area contributed by atoms with Gasteiger partial charge in [0.2, 0.25) is 5.43 Å². The maximum Gasteiger partial charge on any atom is 0.200 e. The topological polar surface area (TPSA) is 56.2 Å². The fourth-order valence-corrected chi connectivity index (χ4v) is 3.70. The minimum Gasteiger partial charge on any atom is -0.455 e. The SMILES string of the molecule is Nc1c(-c2ccccc2)cc2c(=O)c3ccccc3oc2c1-c1ccccc1. The zero-order valence-electron chi connectivity index (χ0n) is 15.1. The van der Waals surface area contributed by atoms with Crippen LogP contribution in [0.3, 0.4) is 0 Å². The van der Waals surface area contributed by atoms with Crippen LogP contribution in [0.4, 0.5) is 5.69 Å². The molecule has 0 radical (unpaired) electrons. The van der Waals surface area contributed by atoms with E-state index in [0.717, 1.165) is 22.3 Å². The van der Waals surface area contributed by atoms with Crippen molar-refractivity contribution in [2.75, 3.05) is 5.73 Å². The highest BCUT2D eigenvalue weighted by molar-refractivity contribution is 6.07. The summed E-state index contributed by atoms with van der Waals surface area (Å²) in [6.45, 7) is 0. The maximum atomic E-state index is 13.3. The van der Waals surface area contributed by atoms with Crippen LogP contribution in [0, 0.1) is 0 Å². The van der Waals surface area contributed by atoms with Crippen LogP contribution in [0.5, 0.6) is 0 Å². The molecule has 28 heavy (non-hydrogen) atoms. The highest BCUT2D eigenvalue weighted by Gasteiger charge is 2.19. The molecule has 0 saturated carbocycles. The Balaban J connectivity index is 1.99. The van der Waals surface area contributed by atoms with Gasteiger partial charge in [-0.1, -0.05) is 72.8 Å². The largest absolute Gasteiger partial charge is 0.455 e. The molecule has 3 nitrogen and oxygen atoms in total. The molecule has 0 saturated heterocycles. The van der Waals surface area contributed by atoms with E-state index in [-0.39, 0.29) is 5.43 Å². The van der Waals surface area contributed by atoms with Crippen molar-refractivity contribution in [2.45, 2.75) is 0 Å². The summed E-state index contributed by atoms with van der Waals surface area (Å²) in [5, 5.41) is 1.10. The van der Waals surface area contributed by atoms with Crippen molar-refractivity contribution >= 4 is 27.6 Å². The number of nitrogen functional groups attached to an aromatic ring is 1. The van der Waals surface area contributed by atoms with Gasteiger partial charge in [-0.2, -0.15) is 0 Å². The molecule has 3 heteroatoms. The Hall–Kier alpha value is -3.85.